The van der Waals surface area contributed by atoms with Crippen molar-refractivity contribution in [3.8, 4) is 0 Å². The molecule has 1 aromatic rings. The third kappa shape index (κ3) is 2.32. The first-order valence-corrected chi connectivity index (χ1v) is 7.83. The van der Waals surface area contributed by atoms with Gasteiger partial charge < -0.3 is 9.64 Å². The second-order valence-corrected chi connectivity index (χ2v) is 6.44. The van der Waals surface area contributed by atoms with Gasteiger partial charge in [-0.2, -0.15) is 0 Å². The number of rotatable bonds is 2. The van der Waals surface area contributed by atoms with Crippen molar-refractivity contribution < 1.29 is 4.74 Å². The standard InChI is InChI=1S/C17H23NO/c1-2-4-14-8-10-18(9-7-13(14)3-1)12-15-11-16-5-6-17(15)19-16/h1-4,15-17H,5-12H2/t15-,16+,17-/m1/s1. The van der Waals surface area contributed by atoms with Crippen LogP contribution in [-0.4, -0.2) is 36.7 Å². The molecular weight excluding hydrogens is 234 g/mol. The summed E-state index contributed by atoms with van der Waals surface area (Å²) in [6.07, 6.45) is 7.55. The highest BCUT2D eigenvalue weighted by molar-refractivity contribution is 5.28. The largest absolute Gasteiger partial charge is 0.375 e. The summed E-state index contributed by atoms with van der Waals surface area (Å²) in [5.74, 6) is 0.806. The van der Waals surface area contributed by atoms with Crippen LogP contribution in [0.3, 0.4) is 0 Å². The number of fused-ring (bicyclic) bond motifs is 3. The Balaban J connectivity index is 1.39. The highest BCUT2D eigenvalue weighted by Gasteiger charge is 2.41. The van der Waals surface area contributed by atoms with Crippen LogP contribution in [-0.2, 0) is 17.6 Å². The maximum Gasteiger partial charge on any atom is 0.0621 e. The summed E-state index contributed by atoms with van der Waals surface area (Å²) in [7, 11) is 0. The fraction of sp³-hybridized carbons (Fsp3) is 0.647. The molecule has 2 bridgehead atoms. The zero-order valence-corrected chi connectivity index (χ0v) is 11.6. The smallest absolute Gasteiger partial charge is 0.0621 e. The molecule has 0 aromatic heterocycles. The van der Waals surface area contributed by atoms with Gasteiger partial charge in [0.1, 0.15) is 0 Å². The first kappa shape index (κ1) is 11.9. The number of hydrogen-bond acceptors (Lipinski definition) is 2. The van der Waals surface area contributed by atoms with E-state index in [-0.39, 0.29) is 0 Å². The molecule has 2 saturated heterocycles. The van der Waals surface area contributed by atoms with E-state index in [9.17, 15) is 0 Å². The third-order valence-corrected chi connectivity index (χ3v) is 5.24. The Morgan fingerprint density at radius 2 is 1.79 bits per heavy atom. The Hall–Kier alpha value is -0.860. The van der Waals surface area contributed by atoms with E-state index in [1.54, 1.807) is 11.1 Å². The molecule has 0 radical (unpaired) electrons. The van der Waals surface area contributed by atoms with Crippen LogP contribution in [0.5, 0.6) is 0 Å². The number of benzene rings is 1. The number of nitrogens with zero attached hydrogens (tertiary/aromatic N) is 1. The molecule has 0 aliphatic carbocycles. The Morgan fingerprint density at radius 1 is 1.05 bits per heavy atom. The lowest BCUT2D eigenvalue weighted by Crippen LogP contribution is -2.35. The summed E-state index contributed by atoms with van der Waals surface area (Å²) >= 11 is 0. The zero-order valence-electron chi connectivity index (χ0n) is 11.6. The van der Waals surface area contributed by atoms with Crippen molar-refractivity contribution in [1.29, 1.82) is 0 Å². The Labute approximate surface area is 115 Å². The van der Waals surface area contributed by atoms with Gasteiger partial charge in [-0.15, -0.1) is 0 Å². The quantitative estimate of drug-likeness (QED) is 0.807. The van der Waals surface area contributed by atoms with Crippen molar-refractivity contribution in [3.63, 3.8) is 0 Å². The molecular formula is C17H23NO. The van der Waals surface area contributed by atoms with Gasteiger partial charge in [0, 0.05) is 25.6 Å². The van der Waals surface area contributed by atoms with Crippen LogP contribution in [0.25, 0.3) is 0 Å². The minimum absolute atomic E-state index is 0.579. The summed E-state index contributed by atoms with van der Waals surface area (Å²) in [4.78, 5) is 2.68. The Morgan fingerprint density at radius 3 is 2.37 bits per heavy atom. The molecule has 19 heavy (non-hydrogen) atoms. The van der Waals surface area contributed by atoms with E-state index in [2.05, 4.69) is 29.2 Å². The van der Waals surface area contributed by atoms with E-state index in [4.69, 9.17) is 4.74 Å². The van der Waals surface area contributed by atoms with Gasteiger partial charge in [0.2, 0.25) is 0 Å². The molecule has 1 aromatic carbocycles. The third-order valence-electron chi connectivity index (χ3n) is 5.24. The number of hydrogen-bond donors (Lipinski definition) is 0. The van der Waals surface area contributed by atoms with Gasteiger partial charge >= 0.3 is 0 Å². The predicted octanol–water partition coefficient (Wildman–Crippen LogP) is 2.65. The molecule has 0 N–H and O–H groups in total. The van der Waals surface area contributed by atoms with E-state index in [1.807, 2.05) is 0 Å². The van der Waals surface area contributed by atoms with Gasteiger partial charge in [-0.25, -0.2) is 0 Å². The lowest BCUT2D eigenvalue weighted by atomic mass is 9.89. The molecule has 2 nitrogen and oxygen atoms in total. The van der Waals surface area contributed by atoms with Crippen molar-refractivity contribution in [2.45, 2.75) is 44.3 Å². The van der Waals surface area contributed by atoms with E-state index < -0.39 is 0 Å². The molecule has 0 spiro atoms. The summed E-state index contributed by atoms with van der Waals surface area (Å²) in [5.41, 5.74) is 3.13. The fourth-order valence-electron chi connectivity index (χ4n) is 4.16. The van der Waals surface area contributed by atoms with Crippen LogP contribution < -0.4 is 0 Å². The topological polar surface area (TPSA) is 12.5 Å². The summed E-state index contributed by atoms with van der Waals surface area (Å²) < 4.78 is 5.99. The van der Waals surface area contributed by atoms with E-state index >= 15 is 0 Å². The lowest BCUT2D eigenvalue weighted by Gasteiger charge is -2.27. The van der Waals surface area contributed by atoms with Gasteiger partial charge in [0.05, 0.1) is 12.2 Å². The molecule has 2 heteroatoms. The van der Waals surface area contributed by atoms with Crippen LogP contribution >= 0.6 is 0 Å². The second-order valence-electron chi connectivity index (χ2n) is 6.44. The first-order valence-electron chi connectivity index (χ1n) is 7.83. The van der Waals surface area contributed by atoms with Crippen LogP contribution in [0.4, 0.5) is 0 Å². The second kappa shape index (κ2) is 4.92. The van der Waals surface area contributed by atoms with Crippen molar-refractivity contribution in [2.24, 2.45) is 5.92 Å². The first-order chi connectivity index (χ1) is 9.38. The Bertz CT molecular complexity index is 431. The van der Waals surface area contributed by atoms with Crippen LogP contribution in [0.2, 0.25) is 0 Å². The van der Waals surface area contributed by atoms with Gasteiger partial charge in [0.25, 0.3) is 0 Å². The minimum atomic E-state index is 0.579. The average molecular weight is 257 g/mol. The average Bonchev–Trinajstić information content (AvgIpc) is 2.99. The molecule has 3 aliphatic heterocycles. The van der Waals surface area contributed by atoms with Crippen molar-refractivity contribution in [2.75, 3.05) is 19.6 Å². The lowest BCUT2D eigenvalue weighted by molar-refractivity contribution is 0.0843. The normalized spacial score (nSPS) is 34.2. The van der Waals surface area contributed by atoms with E-state index in [1.165, 1.54) is 51.7 Å². The van der Waals surface area contributed by atoms with Gasteiger partial charge in [-0.05, 0) is 43.2 Å². The zero-order chi connectivity index (χ0) is 12.7. The molecule has 0 unspecified atom stereocenters. The monoisotopic (exact) mass is 257 g/mol. The highest BCUT2D eigenvalue weighted by atomic mass is 16.5. The van der Waals surface area contributed by atoms with Gasteiger partial charge in [-0.1, -0.05) is 24.3 Å². The van der Waals surface area contributed by atoms with Crippen LogP contribution in [0, 0.1) is 5.92 Å². The SMILES string of the molecule is c1ccc2c(c1)CCN(C[C@H]1C[C@@H]3CC[C@H]1O3)CC2. The summed E-state index contributed by atoms with van der Waals surface area (Å²) in [6, 6.07) is 8.97. The predicted molar refractivity (Wildman–Crippen MR) is 76.3 cm³/mol. The van der Waals surface area contributed by atoms with Crippen molar-refractivity contribution >= 4 is 0 Å². The molecule has 102 valence electrons. The molecule has 2 fully saturated rings. The molecule has 3 atom stereocenters. The van der Waals surface area contributed by atoms with E-state index in [0.29, 0.717) is 12.2 Å². The molecule has 3 heterocycles. The van der Waals surface area contributed by atoms with E-state index in [0.717, 1.165) is 5.92 Å². The maximum absolute atomic E-state index is 5.99. The fourth-order valence-corrected chi connectivity index (χ4v) is 4.16. The van der Waals surface area contributed by atoms with Crippen molar-refractivity contribution in [1.82, 2.24) is 4.90 Å². The minimum Gasteiger partial charge on any atom is -0.375 e. The molecule has 3 aliphatic rings. The van der Waals surface area contributed by atoms with Crippen molar-refractivity contribution in [3.05, 3.63) is 35.4 Å². The van der Waals surface area contributed by atoms with Crippen LogP contribution in [0.15, 0.2) is 24.3 Å². The Kier molecular flexibility index (Phi) is 3.08. The van der Waals surface area contributed by atoms with Gasteiger partial charge in [0.15, 0.2) is 0 Å². The van der Waals surface area contributed by atoms with Crippen LogP contribution in [0.1, 0.15) is 30.4 Å². The molecule has 4 rings (SSSR count). The summed E-state index contributed by atoms with van der Waals surface area (Å²) in [6.45, 7) is 3.71. The molecule has 0 saturated carbocycles. The maximum atomic E-state index is 5.99. The molecule has 0 amide bonds. The van der Waals surface area contributed by atoms with Gasteiger partial charge in [-0.3, -0.25) is 0 Å². The highest BCUT2D eigenvalue weighted by Crippen LogP contribution is 2.39. The number of ether oxygens (including phenoxy) is 1. The summed E-state index contributed by atoms with van der Waals surface area (Å²) in [5, 5.41) is 0.